The molecule has 1 saturated carbocycles. The van der Waals surface area contributed by atoms with Crippen LogP contribution in [0.3, 0.4) is 0 Å². The highest BCUT2D eigenvalue weighted by Crippen LogP contribution is 2.41. The molecule has 0 bridgehead atoms. The fraction of sp³-hybridized carbons (Fsp3) is 0.941. The molecule has 21 heavy (non-hydrogen) atoms. The summed E-state index contributed by atoms with van der Waals surface area (Å²) in [7, 11) is 0. The molecule has 0 aromatic carbocycles. The fourth-order valence-electron chi connectivity index (χ4n) is 3.84. The fourth-order valence-corrected chi connectivity index (χ4v) is 3.84. The minimum atomic E-state index is 0.181. The van der Waals surface area contributed by atoms with Crippen molar-refractivity contribution in [2.24, 2.45) is 23.0 Å². The Morgan fingerprint density at radius 1 is 1.24 bits per heavy atom. The van der Waals surface area contributed by atoms with Gasteiger partial charge in [0.1, 0.15) is 0 Å². The Kier molecular flexibility index (Phi) is 5.67. The van der Waals surface area contributed by atoms with Gasteiger partial charge in [-0.3, -0.25) is 9.69 Å². The lowest BCUT2D eigenvalue weighted by molar-refractivity contribution is -0.143. The zero-order chi connectivity index (χ0) is 15.5. The first-order valence-electron chi connectivity index (χ1n) is 8.65. The highest BCUT2D eigenvalue weighted by atomic mass is 16.2. The third-order valence-corrected chi connectivity index (χ3v) is 5.46. The number of nitrogens with two attached hydrogens (primary N) is 1. The van der Waals surface area contributed by atoms with Crippen molar-refractivity contribution in [1.29, 1.82) is 0 Å². The average molecular weight is 295 g/mol. The molecule has 1 heterocycles. The van der Waals surface area contributed by atoms with Crippen molar-refractivity contribution in [2.75, 3.05) is 39.3 Å². The van der Waals surface area contributed by atoms with E-state index in [9.17, 15) is 4.79 Å². The molecule has 2 N–H and O–H groups in total. The van der Waals surface area contributed by atoms with Gasteiger partial charge in [-0.15, -0.1) is 0 Å². The Morgan fingerprint density at radius 2 is 1.90 bits per heavy atom. The zero-order valence-corrected chi connectivity index (χ0v) is 14.1. The normalized spacial score (nSPS) is 28.4. The summed E-state index contributed by atoms with van der Waals surface area (Å²) >= 11 is 0. The average Bonchev–Trinajstić information content (AvgIpc) is 2.47. The number of carbonyl (C=O) groups is 1. The molecule has 0 aromatic rings. The number of rotatable bonds is 4. The van der Waals surface area contributed by atoms with E-state index in [1.807, 2.05) is 0 Å². The van der Waals surface area contributed by atoms with Gasteiger partial charge in [0.2, 0.25) is 5.91 Å². The molecule has 2 atom stereocenters. The zero-order valence-electron chi connectivity index (χ0n) is 14.1. The SMILES string of the molecule is CC(CN)CN1CCN(C(=O)C2CCCCC2(C)C)CC1. The van der Waals surface area contributed by atoms with Gasteiger partial charge < -0.3 is 10.6 Å². The van der Waals surface area contributed by atoms with Crippen LogP contribution in [-0.4, -0.2) is 55.0 Å². The third kappa shape index (κ3) is 4.19. The van der Waals surface area contributed by atoms with E-state index in [-0.39, 0.29) is 11.3 Å². The van der Waals surface area contributed by atoms with Crippen LogP contribution in [0, 0.1) is 17.3 Å². The highest BCUT2D eigenvalue weighted by molar-refractivity contribution is 5.79. The Balaban J connectivity index is 1.85. The minimum Gasteiger partial charge on any atom is -0.340 e. The van der Waals surface area contributed by atoms with Crippen LogP contribution in [0.5, 0.6) is 0 Å². The summed E-state index contributed by atoms with van der Waals surface area (Å²) in [6.45, 7) is 12.3. The lowest BCUT2D eigenvalue weighted by Gasteiger charge is -2.43. The molecule has 122 valence electrons. The summed E-state index contributed by atoms with van der Waals surface area (Å²) < 4.78 is 0. The second-order valence-corrected chi connectivity index (χ2v) is 7.75. The molecular formula is C17H33N3O. The van der Waals surface area contributed by atoms with E-state index in [4.69, 9.17) is 5.73 Å². The molecule has 0 aromatic heterocycles. The lowest BCUT2D eigenvalue weighted by Crippen LogP contribution is -2.53. The smallest absolute Gasteiger partial charge is 0.226 e. The first-order valence-corrected chi connectivity index (χ1v) is 8.65. The van der Waals surface area contributed by atoms with Crippen molar-refractivity contribution in [3.05, 3.63) is 0 Å². The predicted octanol–water partition coefficient (Wildman–Crippen LogP) is 1.94. The molecule has 1 saturated heterocycles. The van der Waals surface area contributed by atoms with Crippen molar-refractivity contribution in [3.8, 4) is 0 Å². The number of piperazine rings is 1. The first kappa shape index (κ1) is 16.8. The van der Waals surface area contributed by atoms with E-state index < -0.39 is 0 Å². The quantitative estimate of drug-likeness (QED) is 0.862. The largest absolute Gasteiger partial charge is 0.340 e. The van der Waals surface area contributed by atoms with Gasteiger partial charge in [0, 0.05) is 38.6 Å². The number of nitrogens with zero attached hydrogens (tertiary/aromatic N) is 2. The summed E-state index contributed by atoms with van der Waals surface area (Å²) in [6.07, 6.45) is 4.77. The molecule has 0 radical (unpaired) electrons. The molecule has 0 spiro atoms. The molecule has 1 aliphatic heterocycles. The second-order valence-electron chi connectivity index (χ2n) is 7.75. The predicted molar refractivity (Wildman–Crippen MR) is 87.0 cm³/mol. The summed E-state index contributed by atoms with van der Waals surface area (Å²) in [5.41, 5.74) is 5.88. The van der Waals surface area contributed by atoms with Gasteiger partial charge in [-0.25, -0.2) is 0 Å². The Labute approximate surface area is 130 Å². The molecule has 2 fully saturated rings. The van der Waals surface area contributed by atoms with Crippen LogP contribution in [0.2, 0.25) is 0 Å². The van der Waals surface area contributed by atoms with Gasteiger partial charge in [0.05, 0.1) is 0 Å². The lowest BCUT2D eigenvalue weighted by atomic mass is 9.68. The van der Waals surface area contributed by atoms with Crippen LogP contribution in [0.1, 0.15) is 46.5 Å². The van der Waals surface area contributed by atoms with Crippen LogP contribution < -0.4 is 5.73 Å². The van der Waals surface area contributed by atoms with Gasteiger partial charge in [-0.2, -0.15) is 0 Å². The van der Waals surface area contributed by atoms with E-state index >= 15 is 0 Å². The van der Waals surface area contributed by atoms with Crippen LogP contribution in [-0.2, 0) is 4.79 Å². The van der Waals surface area contributed by atoms with E-state index in [0.29, 0.717) is 11.8 Å². The Bertz CT molecular complexity index is 348. The van der Waals surface area contributed by atoms with E-state index in [1.54, 1.807) is 0 Å². The minimum absolute atomic E-state index is 0.181. The molecule has 2 aliphatic rings. The maximum Gasteiger partial charge on any atom is 0.226 e. The molecule has 4 heteroatoms. The number of carbonyl (C=O) groups excluding carboxylic acids is 1. The summed E-state index contributed by atoms with van der Waals surface area (Å²) in [5.74, 6) is 1.19. The van der Waals surface area contributed by atoms with Crippen molar-refractivity contribution < 1.29 is 4.79 Å². The van der Waals surface area contributed by atoms with Crippen LogP contribution in [0.15, 0.2) is 0 Å². The maximum atomic E-state index is 12.8. The van der Waals surface area contributed by atoms with Crippen molar-refractivity contribution in [2.45, 2.75) is 46.5 Å². The van der Waals surface area contributed by atoms with E-state index in [2.05, 4.69) is 30.6 Å². The number of amides is 1. The molecule has 4 nitrogen and oxygen atoms in total. The topological polar surface area (TPSA) is 49.6 Å². The Morgan fingerprint density at radius 3 is 2.48 bits per heavy atom. The molecular weight excluding hydrogens is 262 g/mol. The van der Waals surface area contributed by atoms with Crippen molar-refractivity contribution in [1.82, 2.24) is 9.80 Å². The monoisotopic (exact) mass is 295 g/mol. The van der Waals surface area contributed by atoms with Gasteiger partial charge in [-0.05, 0) is 30.7 Å². The first-order chi connectivity index (χ1) is 9.94. The molecule has 2 rings (SSSR count). The molecule has 1 amide bonds. The van der Waals surface area contributed by atoms with Crippen LogP contribution in [0.25, 0.3) is 0 Å². The van der Waals surface area contributed by atoms with Crippen molar-refractivity contribution in [3.63, 3.8) is 0 Å². The van der Waals surface area contributed by atoms with Gasteiger partial charge in [-0.1, -0.05) is 33.6 Å². The maximum absolute atomic E-state index is 12.8. The standard InChI is InChI=1S/C17H33N3O/c1-14(12-18)13-19-8-10-20(11-9-19)16(21)15-6-4-5-7-17(15,2)3/h14-15H,4-13,18H2,1-3H3. The van der Waals surface area contributed by atoms with Gasteiger partial charge in [0.15, 0.2) is 0 Å². The number of hydrogen-bond acceptors (Lipinski definition) is 3. The molecule has 2 unspecified atom stereocenters. The summed E-state index contributed by atoms with van der Waals surface area (Å²) in [6, 6.07) is 0. The van der Waals surface area contributed by atoms with E-state index in [1.165, 1.54) is 19.3 Å². The van der Waals surface area contributed by atoms with Crippen molar-refractivity contribution >= 4 is 5.91 Å². The van der Waals surface area contributed by atoms with Gasteiger partial charge >= 0.3 is 0 Å². The van der Waals surface area contributed by atoms with Gasteiger partial charge in [0.25, 0.3) is 0 Å². The molecule has 1 aliphatic carbocycles. The summed E-state index contributed by atoms with van der Waals surface area (Å²) in [5, 5.41) is 0. The summed E-state index contributed by atoms with van der Waals surface area (Å²) in [4.78, 5) is 17.4. The third-order valence-electron chi connectivity index (χ3n) is 5.46. The number of hydrogen-bond donors (Lipinski definition) is 1. The highest BCUT2D eigenvalue weighted by Gasteiger charge is 2.39. The van der Waals surface area contributed by atoms with E-state index in [0.717, 1.165) is 45.7 Å². The van der Waals surface area contributed by atoms with Crippen LogP contribution >= 0.6 is 0 Å². The second kappa shape index (κ2) is 7.10. The Hall–Kier alpha value is -0.610. The van der Waals surface area contributed by atoms with Crippen LogP contribution in [0.4, 0.5) is 0 Å².